The lowest BCUT2D eigenvalue weighted by molar-refractivity contribution is -0.388. The minimum Gasteiger partial charge on any atom is -0.480 e. The van der Waals surface area contributed by atoms with E-state index >= 15 is 0 Å². The molecule has 0 saturated heterocycles. The van der Waals surface area contributed by atoms with E-state index in [0.717, 1.165) is 0 Å². The molecule has 0 unspecified atom stereocenters. The third-order valence-corrected chi connectivity index (χ3v) is 5.36. The Labute approximate surface area is 134 Å². The van der Waals surface area contributed by atoms with E-state index in [1.807, 2.05) is 0 Å². The van der Waals surface area contributed by atoms with Gasteiger partial charge in [-0.05, 0) is 25.3 Å². The number of nitro groups is 1. The number of nitrogens with one attached hydrogen (secondary N) is 1. The molecule has 0 aliphatic rings. The van der Waals surface area contributed by atoms with E-state index in [9.17, 15) is 28.4 Å². The molecule has 0 amide bonds. The topological polar surface area (TPSA) is 127 Å². The number of aliphatic carboxylic acids is 1. The molecule has 2 atom stereocenters. The van der Waals surface area contributed by atoms with Crippen molar-refractivity contribution in [2.24, 2.45) is 5.92 Å². The van der Waals surface area contributed by atoms with E-state index in [2.05, 4.69) is 4.72 Å². The number of carboxylic acids is 1. The Kier molecular flexibility index (Phi) is 5.84. The molecule has 0 aromatic heterocycles. The number of aryl methyl sites for hydroxylation is 2. The van der Waals surface area contributed by atoms with Crippen molar-refractivity contribution in [1.82, 2.24) is 4.72 Å². The van der Waals surface area contributed by atoms with Gasteiger partial charge in [0.15, 0.2) is 4.90 Å². The van der Waals surface area contributed by atoms with Gasteiger partial charge in [0, 0.05) is 5.56 Å². The number of carboxylic acid groups (broad SMARTS) is 1. The summed E-state index contributed by atoms with van der Waals surface area (Å²) in [5, 5.41) is 20.5. The van der Waals surface area contributed by atoms with Crippen molar-refractivity contribution in [1.29, 1.82) is 0 Å². The van der Waals surface area contributed by atoms with Crippen LogP contribution < -0.4 is 4.72 Å². The molecule has 1 aromatic rings. The highest BCUT2D eigenvalue weighted by molar-refractivity contribution is 7.89. The zero-order valence-electron chi connectivity index (χ0n) is 13.4. The number of nitrogens with zero attached hydrogens (tertiary/aromatic N) is 1. The van der Waals surface area contributed by atoms with E-state index in [1.165, 1.54) is 26.0 Å². The first-order chi connectivity index (χ1) is 10.5. The fourth-order valence-electron chi connectivity index (χ4n) is 2.21. The molecule has 0 aliphatic heterocycles. The SMILES string of the molecule is CC[C@H](C)[C@H](NS(=O)(=O)c1c(C)ccc(C)c1[N+](=O)[O-])C(=O)O. The van der Waals surface area contributed by atoms with Crippen LogP contribution in [0.15, 0.2) is 17.0 Å². The van der Waals surface area contributed by atoms with Crippen LogP contribution in [0.2, 0.25) is 0 Å². The maximum absolute atomic E-state index is 12.6. The summed E-state index contributed by atoms with van der Waals surface area (Å²) in [6.07, 6.45) is 0.439. The van der Waals surface area contributed by atoms with Crippen LogP contribution in [-0.4, -0.2) is 30.5 Å². The summed E-state index contributed by atoms with van der Waals surface area (Å²) in [6.45, 7) is 6.19. The number of hydrogen-bond acceptors (Lipinski definition) is 5. The Bertz CT molecular complexity index is 729. The van der Waals surface area contributed by atoms with Gasteiger partial charge >= 0.3 is 5.97 Å². The molecule has 0 fully saturated rings. The lowest BCUT2D eigenvalue weighted by Gasteiger charge is -2.20. The van der Waals surface area contributed by atoms with Crippen LogP contribution in [0.5, 0.6) is 0 Å². The fourth-order valence-corrected chi connectivity index (χ4v) is 3.98. The van der Waals surface area contributed by atoms with Crippen LogP contribution in [0.4, 0.5) is 5.69 Å². The summed E-state index contributed by atoms with van der Waals surface area (Å²) in [4.78, 5) is 21.3. The zero-order chi connectivity index (χ0) is 17.9. The molecule has 8 nitrogen and oxygen atoms in total. The second-order valence-corrected chi connectivity index (χ2v) is 7.11. The van der Waals surface area contributed by atoms with Crippen molar-refractivity contribution >= 4 is 21.7 Å². The molecule has 0 heterocycles. The molecule has 2 N–H and O–H groups in total. The molecular formula is C14H20N2O6S. The quantitative estimate of drug-likeness (QED) is 0.575. The summed E-state index contributed by atoms with van der Waals surface area (Å²) in [7, 11) is -4.36. The summed E-state index contributed by atoms with van der Waals surface area (Å²) < 4.78 is 27.3. The minimum absolute atomic E-state index is 0.183. The lowest BCUT2D eigenvalue weighted by Crippen LogP contribution is -2.45. The van der Waals surface area contributed by atoms with E-state index in [4.69, 9.17) is 0 Å². The van der Waals surface area contributed by atoms with E-state index in [1.54, 1.807) is 13.8 Å². The monoisotopic (exact) mass is 344 g/mol. The highest BCUT2D eigenvalue weighted by atomic mass is 32.2. The average Bonchev–Trinajstić information content (AvgIpc) is 2.45. The van der Waals surface area contributed by atoms with Crippen LogP contribution >= 0.6 is 0 Å². The van der Waals surface area contributed by atoms with Gasteiger partial charge in [-0.15, -0.1) is 0 Å². The Hall–Kier alpha value is -2.00. The predicted molar refractivity (Wildman–Crippen MR) is 83.8 cm³/mol. The first kappa shape index (κ1) is 19.0. The second kappa shape index (κ2) is 7.05. The third-order valence-electron chi connectivity index (χ3n) is 3.74. The van der Waals surface area contributed by atoms with Gasteiger partial charge in [0.05, 0.1) is 4.92 Å². The number of sulfonamides is 1. The van der Waals surface area contributed by atoms with Gasteiger partial charge in [0.2, 0.25) is 10.0 Å². The van der Waals surface area contributed by atoms with Crippen LogP contribution in [-0.2, 0) is 14.8 Å². The van der Waals surface area contributed by atoms with Crippen LogP contribution in [0.1, 0.15) is 31.4 Å². The zero-order valence-corrected chi connectivity index (χ0v) is 14.2. The smallest absolute Gasteiger partial charge is 0.322 e. The highest BCUT2D eigenvalue weighted by Gasteiger charge is 2.35. The van der Waals surface area contributed by atoms with Crippen molar-refractivity contribution in [2.45, 2.75) is 45.1 Å². The number of benzene rings is 1. The molecule has 0 spiro atoms. The number of carbonyl (C=O) groups is 1. The molecule has 0 radical (unpaired) electrons. The molecule has 0 bridgehead atoms. The van der Waals surface area contributed by atoms with E-state index in [-0.39, 0.29) is 11.1 Å². The Morgan fingerprint density at radius 3 is 2.30 bits per heavy atom. The van der Waals surface area contributed by atoms with Gasteiger partial charge in [-0.2, -0.15) is 4.72 Å². The second-order valence-electron chi connectivity index (χ2n) is 5.46. The van der Waals surface area contributed by atoms with Gasteiger partial charge < -0.3 is 5.11 Å². The molecule has 9 heteroatoms. The van der Waals surface area contributed by atoms with Crippen LogP contribution in [0, 0.1) is 29.9 Å². The van der Waals surface area contributed by atoms with Crippen LogP contribution in [0.3, 0.4) is 0 Å². The maximum Gasteiger partial charge on any atom is 0.322 e. The van der Waals surface area contributed by atoms with Crippen molar-refractivity contribution in [3.05, 3.63) is 33.4 Å². The molecule has 1 rings (SSSR count). The summed E-state index contributed by atoms with van der Waals surface area (Å²) in [5.74, 6) is -1.79. The molecule has 128 valence electrons. The van der Waals surface area contributed by atoms with Gasteiger partial charge in [0.25, 0.3) is 5.69 Å². The number of rotatable bonds is 7. The number of nitro benzene ring substituents is 1. The fraction of sp³-hybridized carbons (Fsp3) is 0.500. The molecule has 23 heavy (non-hydrogen) atoms. The first-order valence-electron chi connectivity index (χ1n) is 7.02. The van der Waals surface area contributed by atoms with Gasteiger partial charge in [0.1, 0.15) is 6.04 Å². The predicted octanol–water partition coefficient (Wildman–Crippen LogP) is 1.99. The van der Waals surface area contributed by atoms with Crippen molar-refractivity contribution in [2.75, 3.05) is 0 Å². The molecule has 0 aliphatic carbocycles. The summed E-state index contributed by atoms with van der Waals surface area (Å²) in [5.41, 5.74) is -0.162. The highest BCUT2D eigenvalue weighted by Crippen LogP contribution is 2.31. The lowest BCUT2D eigenvalue weighted by atomic mass is 10.0. The summed E-state index contributed by atoms with van der Waals surface area (Å²) >= 11 is 0. The molecular weight excluding hydrogens is 324 g/mol. The first-order valence-corrected chi connectivity index (χ1v) is 8.51. The van der Waals surface area contributed by atoms with Crippen molar-refractivity contribution < 1.29 is 23.2 Å². The Morgan fingerprint density at radius 1 is 1.35 bits per heavy atom. The van der Waals surface area contributed by atoms with Gasteiger partial charge in [-0.3, -0.25) is 14.9 Å². The van der Waals surface area contributed by atoms with E-state index < -0.39 is 43.5 Å². The van der Waals surface area contributed by atoms with E-state index in [0.29, 0.717) is 6.42 Å². The summed E-state index contributed by atoms with van der Waals surface area (Å²) in [6, 6.07) is 1.55. The van der Waals surface area contributed by atoms with Crippen molar-refractivity contribution in [3.8, 4) is 0 Å². The molecule has 0 saturated carbocycles. The molecule has 1 aromatic carbocycles. The largest absolute Gasteiger partial charge is 0.480 e. The maximum atomic E-state index is 12.6. The van der Waals surface area contributed by atoms with Crippen LogP contribution in [0.25, 0.3) is 0 Å². The van der Waals surface area contributed by atoms with Gasteiger partial charge in [-0.1, -0.05) is 32.4 Å². The average molecular weight is 344 g/mol. The minimum atomic E-state index is -4.36. The Morgan fingerprint density at radius 2 is 1.87 bits per heavy atom. The standard InChI is InChI=1S/C14H20N2O6S/c1-5-8(2)11(14(17)18)15-23(21,22)13-10(4)7-6-9(3)12(13)16(19)20/h6-8,11,15H,5H2,1-4H3,(H,17,18)/t8-,11-/m0/s1. The Balaban J connectivity index is 3.48. The number of hydrogen-bond donors (Lipinski definition) is 2. The normalized spacial score (nSPS) is 14.3. The van der Waals surface area contributed by atoms with Gasteiger partial charge in [-0.25, -0.2) is 8.42 Å². The van der Waals surface area contributed by atoms with Crippen molar-refractivity contribution in [3.63, 3.8) is 0 Å². The third kappa shape index (κ3) is 4.05.